The molecule has 0 aliphatic carbocycles. The molecule has 0 unspecified atom stereocenters. The summed E-state index contributed by atoms with van der Waals surface area (Å²) in [4.78, 5) is 22.2. The van der Waals surface area contributed by atoms with Gasteiger partial charge in [0.2, 0.25) is 0 Å². The van der Waals surface area contributed by atoms with E-state index in [2.05, 4.69) is 21.2 Å². The van der Waals surface area contributed by atoms with Crippen LogP contribution in [0.15, 0.2) is 40.9 Å². The summed E-state index contributed by atoms with van der Waals surface area (Å²) in [6, 6.07) is 9.11. The number of benzene rings is 2. The fourth-order valence-corrected chi connectivity index (χ4v) is 2.23. The molecule has 0 spiro atoms. The number of aryl methyl sites for hydroxylation is 1. The van der Waals surface area contributed by atoms with E-state index in [1.165, 1.54) is 12.1 Å². The molecule has 7 heteroatoms. The van der Waals surface area contributed by atoms with Gasteiger partial charge in [0.05, 0.1) is 15.5 Å². The third kappa shape index (κ3) is 3.59. The minimum Gasteiger partial charge on any atom is -0.322 e. The molecule has 0 radical (unpaired) electrons. The summed E-state index contributed by atoms with van der Waals surface area (Å²) in [5, 5.41) is 13.4. The number of anilines is 1. The zero-order chi connectivity index (χ0) is 15.6. The maximum Gasteiger partial charge on any atom is 0.270 e. The number of hydrogen-bond acceptors (Lipinski definition) is 3. The van der Waals surface area contributed by atoms with Crippen LogP contribution in [-0.2, 0) is 0 Å². The maximum atomic E-state index is 12.1. The number of amides is 1. The first-order valence-electron chi connectivity index (χ1n) is 5.90. The van der Waals surface area contributed by atoms with E-state index in [9.17, 15) is 14.9 Å². The van der Waals surface area contributed by atoms with Gasteiger partial charge in [-0.2, -0.15) is 0 Å². The number of nitro benzene ring substituents is 1. The monoisotopic (exact) mass is 368 g/mol. The minimum atomic E-state index is -0.564. The number of nitrogens with one attached hydrogen (secondary N) is 1. The minimum absolute atomic E-state index is 0.0375. The van der Waals surface area contributed by atoms with E-state index in [0.717, 1.165) is 16.1 Å². The molecule has 5 nitrogen and oxygen atoms in total. The summed E-state index contributed by atoms with van der Waals surface area (Å²) in [6.07, 6.45) is 0. The Hall–Kier alpha value is -1.92. The van der Waals surface area contributed by atoms with E-state index in [1.807, 2.05) is 13.0 Å². The Kier molecular flexibility index (Phi) is 4.59. The second kappa shape index (κ2) is 6.24. The van der Waals surface area contributed by atoms with E-state index in [4.69, 9.17) is 11.6 Å². The highest BCUT2D eigenvalue weighted by Gasteiger charge is 2.15. The Morgan fingerprint density at radius 2 is 2.00 bits per heavy atom. The van der Waals surface area contributed by atoms with Gasteiger partial charge in [0.1, 0.15) is 0 Å². The van der Waals surface area contributed by atoms with Gasteiger partial charge in [0, 0.05) is 22.3 Å². The largest absolute Gasteiger partial charge is 0.322 e. The van der Waals surface area contributed by atoms with Gasteiger partial charge >= 0.3 is 0 Å². The lowest BCUT2D eigenvalue weighted by molar-refractivity contribution is -0.384. The van der Waals surface area contributed by atoms with E-state index in [-0.39, 0.29) is 16.3 Å². The number of halogens is 2. The van der Waals surface area contributed by atoms with Crippen molar-refractivity contribution >= 4 is 44.8 Å². The molecule has 1 N–H and O–H groups in total. The number of hydrogen-bond donors (Lipinski definition) is 1. The Morgan fingerprint density at radius 3 is 2.57 bits per heavy atom. The average molecular weight is 370 g/mol. The van der Waals surface area contributed by atoms with E-state index in [1.54, 1.807) is 12.1 Å². The summed E-state index contributed by atoms with van der Waals surface area (Å²) >= 11 is 9.29. The Bertz CT molecular complexity index is 734. The Balaban J connectivity index is 2.24. The van der Waals surface area contributed by atoms with Gasteiger partial charge in [-0.05, 0) is 36.8 Å². The van der Waals surface area contributed by atoms with Gasteiger partial charge in [-0.3, -0.25) is 14.9 Å². The molecule has 0 aliphatic heterocycles. The Morgan fingerprint density at radius 1 is 1.29 bits per heavy atom. The number of carbonyl (C=O) groups excluding carboxylic acids is 1. The van der Waals surface area contributed by atoms with Crippen molar-refractivity contribution in [3.05, 3.63) is 67.1 Å². The molecular weight excluding hydrogens is 360 g/mol. The number of non-ortho nitro benzene ring substituents is 1. The van der Waals surface area contributed by atoms with Crippen LogP contribution < -0.4 is 5.32 Å². The molecule has 0 atom stereocenters. The van der Waals surface area contributed by atoms with E-state index in [0.29, 0.717) is 5.69 Å². The SMILES string of the molecule is Cc1cc(NC(=O)c2ccc([N+](=O)[O-])cc2Cl)ccc1Br. The topological polar surface area (TPSA) is 72.2 Å². The summed E-state index contributed by atoms with van der Waals surface area (Å²) in [5.74, 6) is -0.420. The van der Waals surface area contributed by atoms with Crippen molar-refractivity contribution in [3.8, 4) is 0 Å². The predicted molar refractivity (Wildman–Crippen MR) is 84.9 cm³/mol. The molecule has 0 saturated heterocycles. The number of nitro groups is 1. The quantitative estimate of drug-likeness (QED) is 0.636. The summed E-state index contributed by atoms with van der Waals surface area (Å²) < 4.78 is 0.939. The second-order valence-corrected chi connectivity index (χ2v) is 5.60. The third-order valence-corrected chi connectivity index (χ3v) is 4.03. The fraction of sp³-hybridized carbons (Fsp3) is 0.0714. The van der Waals surface area contributed by atoms with Gasteiger partial charge in [0.15, 0.2) is 0 Å². The van der Waals surface area contributed by atoms with Crippen LogP contribution in [-0.4, -0.2) is 10.8 Å². The van der Waals surface area contributed by atoms with Crippen LogP contribution in [0.25, 0.3) is 0 Å². The molecule has 0 heterocycles. The van der Waals surface area contributed by atoms with Crippen LogP contribution in [0.2, 0.25) is 5.02 Å². The van der Waals surface area contributed by atoms with Crippen LogP contribution in [0.3, 0.4) is 0 Å². The van der Waals surface area contributed by atoms with Crippen molar-refractivity contribution in [3.63, 3.8) is 0 Å². The van der Waals surface area contributed by atoms with E-state index < -0.39 is 10.8 Å². The van der Waals surface area contributed by atoms with Gasteiger partial charge < -0.3 is 5.32 Å². The van der Waals surface area contributed by atoms with Crippen molar-refractivity contribution in [2.75, 3.05) is 5.32 Å². The number of nitrogens with zero attached hydrogens (tertiary/aromatic N) is 1. The highest BCUT2D eigenvalue weighted by atomic mass is 79.9. The molecule has 2 aromatic rings. The number of carbonyl (C=O) groups is 1. The smallest absolute Gasteiger partial charge is 0.270 e. The molecule has 1 amide bonds. The first-order valence-corrected chi connectivity index (χ1v) is 7.07. The normalized spacial score (nSPS) is 10.2. The van der Waals surface area contributed by atoms with Crippen molar-refractivity contribution in [2.24, 2.45) is 0 Å². The zero-order valence-electron chi connectivity index (χ0n) is 10.9. The molecule has 0 saturated carbocycles. The molecule has 0 aromatic heterocycles. The molecule has 0 aliphatic rings. The molecule has 0 bridgehead atoms. The second-order valence-electron chi connectivity index (χ2n) is 4.34. The maximum absolute atomic E-state index is 12.1. The fourth-order valence-electron chi connectivity index (χ4n) is 1.72. The lowest BCUT2D eigenvalue weighted by Gasteiger charge is -2.08. The van der Waals surface area contributed by atoms with Gasteiger partial charge in [-0.15, -0.1) is 0 Å². The first kappa shape index (κ1) is 15.5. The highest BCUT2D eigenvalue weighted by Crippen LogP contribution is 2.24. The molecule has 108 valence electrons. The molecule has 21 heavy (non-hydrogen) atoms. The highest BCUT2D eigenvalue weighted by molar-refractivity contribution is 9.10. The lowest BCUT2D eigenvalue weighted by atomic mass is 10.1. The molecular formula is C14H10BrClN2O3. The van der Waals surface area contributed by atoms with Gasteiger partial charge in [-0.25, -0.2) is 0 Å². The average Bonchev–Trinajstić information content (AvgIpc) is 2.42. The third-order valence-electron chi connectivity index (χ3n) is 2.82. The van der Waals surface area contributed by atoms with Crippen LogP contribution in [0.5, 0.6) is 0 Å². The van der Waals surface area contributed by atoms with Crippen LogP contribution in [0, 0.1) is 17.0 Å². The zero-order valence-corrected chi connectivity index (χ0v) is 13.2. The van der Waals surface area contributed by atoms with Crippen molar-refractivity contribution in [1.82, 2.24) is 0 Å². The van der Waals surface area contributed by atoms with Crippen LogP contribution in [0.4, 0.5) is 11.4 Å². The summed E-state index contributed by atoms with van der Waals surface area (Å²) in [7, 11) is 0. The lowest BCUT2D eigenvalue weighted by Crippen LogP contribution is -2.12. The number of rotatable bonds is 3. The molecule has 2 rings (SSSR count). The summed E-state index contributed by atoms with van der Waals surface area (Å²) in [6.45, 7) is 1.90. The predicted octanol–water partition coefficient (Wildman–Crippen LogP) is 4.57. The van der Waals surface area contributed by atoms with Crippen molar-refractivity contribution < 1.29 is 9.72 Å². The van der Waals surface area contributed by atoms with Crippen molar-refractivity contribution in [1.29, 1.82) is 0 Å². The Labute approximate surface area is 134 Å². The van der Waals surface area contributed by atoms with Gasteiger partial charge in [0.25, 0.3) is 11.6 Å². The first-order chi connectivity index (χ1) is 9.88. The molecule has 0 fully saturated rings. The molecule has 2 aromatic carbocycles. The van der Waals surface area contributed by atoms with Gasteiger partial charge in [-0.1, -0.05) is 27.5 Å². The van der Waals surface area contributed by atoms with Crippen LogP contribution in [0.1, 0.15) is 15.9 Å². The standard InChI is InChI=1S/C14H10BrClN2O3/c1-8-6-9(2-5-12(8)15)17-14(19)11-4-3-10(18(20)21)7-13(11)16/h2-7H,1H3,(H,17,19). The van der Waals surface area contributed by atoms with Crippen molar-refractivity contribution in [2.45, 2.75) is 6.92 Å². The summed E-state index contributed by atoms with van der Waals surface area (Å²) in [5.41, 5.74) is 1.62. The van der Waals surface area contributed by atoms with Crippen LogP contribution >= 0.6 is 27.5 Å². The van der Waals surface area contributed by atoms with E-state index >= 15 is 0 Å².